The van der Waals surface area contributed by atoms with Crippen molar-refractivity contribution in [3.8, 4) is 11.1 Å². The molecular weight excluding hydrogens is 470 g/mol. The number of aliphatic carboxylic acids is 1. The van der Waals surface area contributed by atoms with E-state index < -0.39 is 24.1 Å². The van der Waals surface area contributed by atoms with Crippen molar-refractivity contribution in [2.45, 2.75) is 50.7 Å². The summed E-state index contributed by atoms with van der Waals surface area (Å²) in [6.45, 7) is 0.242. The molecule has 0 radical (unpaired) electrons. The molecule has 0 fully saturated rings. The van der Waals surface area contributed by atoms with Crippen LogP contribution >= 0.6 is 0 Å². The van der Waals surface area contributed by atoms with Gasteiger partial charge in [-0.3, -0.25) is 4.79 Å². The number of benzene rings is 3. The molecule has 192 valence electrons. The first-order valence-electron chi connectivity index (χ1n) is 12.6. The quantitative estimate of drug-likeness (QED) is 0.245. The minimum absolute atomic E-state index is 0.0723. The highest BCUT2D eigenvalue weighted by molar-refractivity contribution is 5.82. The maximum Gasteiger partial charge on any atom is 0.407 e. The Labute approximate surface area is 216 Å². The van der Waals surface area contributed by atoms with Crippen LogP contribution in [0.4, 0.5) is 4.79 Å². The van der Waals surface area contributed by atoms with E-state index in [-0.39, 0.29) is 25.6 Å². The average Bonchev–Trinajstić information content (AvgIpc) is 3.23. The number of carbonyl (C=O) groups is 3. The molecular formula is C30H31NO6. The van der Waals surface area contributed by atoms with Gasteiger partial charge in [0.25, 0.3) is 0 Å². The van der Waals surface area contributed by atoms with Gasteiger partial charge in [-0.05, 0) is 40.7 Å². The number of carboxylic acids is 1. The van der Waals surface area contributed by atoms with Crippen molar-refractivity contribution in [3.63, 3.8) is 0 Å². The fourth-order valence-corrected chi connectivity index (χ4v) is 4.66. The molecule has 4 rings (SSSR count). The molecule has 37 heavy (non-hydrogen) atoms. The third-order valence-electron chi connectivity index (χ3n) is 6.53. The van der Waals surface area contributed by atoms with Gasteiger partial charge in [-0.1, -0.05) is 91.7 Å². The van der Waals surface area contributed by atoms with Crippen molar-refractivity contribution in [3.05, 3.63) is 95.6 Å². The molecule has 2 N–H and O–H groups in total. The second kappa shape index (κ2) is 12.7. The number of esters is 1. The zero-order valence-corrected chi connectivity index (χ0v) is 20.6. The van der Waals surface area contributed by atoms with Crippen LogP contribution in [-0.4, -0.2) is 35.8 Å². The number of unbranched alkanes of at least 4 members (excludes halogenated alkanes) is 2. The van der Waals surface area contributed by atoms with Crippen LogP contribution in [0.25, 0.3) is 11.1 Å². The van der Waals surface area contributed by atoms with Gasteiger partial charge in [0, 0.05) is 12.3 Å². The fraction of sp³-hybridized carbons (Fsp3) is 0.300. The van der Waals surface area contributed by atoms with Crippen LogP contribution in [0.15, 0.2) is 78.9 Å². The van der Waals surface area contributed by atoms with Crippen molar-refractivity contribution in [1.82, 2.24) is 5.32 Å². The lowest BCUT2D eigenvalue weighted by Crippen LogP contribution is -2.42. The zero-order chi connectivity index (χ0) is 26.0. The second-order valence-electron chi connectivity index (χ2n) is 9.11. The van der Waals surface area contributed by atoms with Crippen LogP contribution in [-0.2, 0) is 25.7 Å². The summed E-state index contributed by atoms with van der Waals surface area (Å²) < 4.78 is 11.1. The van der Waals surface area contributed by atoms with E-state index in [0.717, 1.165) is 27.8 Å². The molecule has 0 spiro atoms. The SMILES string of the molecule is O=C(O)CCCCCC(NC(=O)OCC1c2ccccc2-c2ccccc21)C(=O)OCc1ccccc1. The van der Waals surface area contributed by atoms with Gasteiger partial charge in [0.05, 0.1) is 0 Å². The lowest BCUT2D eigenvalue weighted by atomic mass is 9.98. The average molecular weight is 502 g/mol. The molecule has 3 aromatic rings. The summed E-state index contributed by atoms with van der Waals surface area (Å²) in [5.74, 6) is -1.48. The molecule has 1 atom stereocenters. The molecule has 0 aromatic heterocycles. The predicted octanol–water partition coefficient (Wildman–Crippen LogP) is 5.67. The summed E-state index contributed by atoms with van der Waals surface area (Å²) in [7, 11) is 0. The Bertz CT molecular complexity index is 1180. The predicted molar refractivity (Wildman–Crippen MR) is 139 cm³/mol. The Hall–Kier alpha value is -4.13. The molecule has 3 aromatic carbocycles. The summed E-state index contributed by atoms with van der Waals surface area (Å²) in [6.07, 6.45) is 1.42. The lowest BCUT2D eigenvalue weighted by Gasteiger charge is -2.19. The second-order valence-corrected chi connectivity index (χ2v) is 9.11. The third-order valence-corrected chi connectivity index (χ3v) is 6.53. The van der Waals surface area contributed by atoms with Crippen molar-refractivity contribution in [2.24, 2.45) is 0 Å². The monoisotopic (exact) mass is 501 g/mol. The molecule has 1 unspecified atom stereocenters. The first-order valence-corrected chi connectivity index (χ1v) is 12.6. The van der Waals surface area contributed by atoms with Crippen molar-refractivity contribution < 1.29 is 29.0 Å². The van der Waals surface area contributed by atoms with E-state index in [2.05, 4.69) is 17.4 Å². The van der Waals surface area contributed by atoms with Gasteiger partial charge in [0.15, 0.2) is 0 Å². The van der Waals surface area contributed by atoms with E-state index >= 15 is 0 Å². The highest BCUT2D eigenvalue weighted by atomic mass is 16.6. The molecule has 1 amide bonds. The standard InChI is InChI=1S/C30H31NO6/c32-28(33)18-6-2-5-17-27(29(34)36-19-21-11-3-1-4-12-21)31-30(35)37-20-26-24-15-9-7-13-22(24)23-14-8-10-16-25(23)26/h1,3-4,7-16,26-27H,2,5-6,17-20H2,(H,31,35)(H,32,33). The first kappa shape index (κ1) is 25.9. The highest BCUT2D eigenvalue weighted by Gasteiger charge is 2.30. The Morgan fingerprint density at radius 1 is 0.784 bits per heavy atom. The van der Waals surface area contributed by atoms with Crippen LogP contribution in [0.1, 0.15) is 54.7 Å². The first-order chi connectivity index (χ1) is 18.0. The van der Waals surface area contributed by atoms with Gasteiger partial charge < -0.3 is 19.9 Å². The minimum atomic E-state index is -0.885. The van der Waals surface area contributed by atoms with Crippen LogP contribution in [0.5, 0.6) is 0 Å². The largest absolute Gasteiger partial charge is 0.481 e. The van der Waals surface area contributed by atoms with E-state index in [9.17, 15) is 14.4 Å². The Kier molecular flexibility index (Phi) is 8.92. The van der Waals surface area contributed by atoms with E-state index in [1.807, 2.05) is 66.7 Å². The number of alkyl carbamates (subject to hydrolysis) is 1. The number of amides is 1. The number of rotatable bonds is 12. The normalized spacial score (nSPS) is 12.8. The Morgan fingerprint density at radius 2 is 1.41 bits per heavy atom. The number of ether oxygens (including phenoxy) is 2. The summed E-state index contributed by atoms with van der Waals surface area (Å²) in [6, 6.07) is 24.6. The molecule has 7 heteroatoms. The molecule has 0 aliphatic heterocycles. The van der Waals surface area contributed by atoms with Gasteiger partial charge in [0.2, 0.25) is 0 Å². The number of hydrogen-bond acceptors (Lipinski definition) is 5. The number of hydrogen-bond donors (Lipinski definition) is 2. The van der Waals surface area contributed by atoms with Crippen LogP contribution < -0.4 is 5.32 Å². The summed E-state index contributed by atoms with van der Waals surface area (Å²) in [5, 5.41) is 11.5. The topological polar surface area (TPSA) is 102 Å². The summed E-state index contributed by atoms with van der Waals surface area (Å²) in [4.78, 5) is 36.4. The number of carbonyl (C=O) groups excluding carboxylic acids is 2. The van der Waals surface area contributed by atoms with Gasteiger partial charge in [-0.2, -0.15) is 0 Å². The van der Waals surface area contributed by atoms with Gasteiger partial charge in [0.1, 0.15) is 19.3 Å². The molecule has 0 bridgehead atoms. The van der Waals surface area contributed by atoms with Crippen molar-refractivity contribution >= 4 is 18.0 Å². The number of carboxylic acid groups (broad SMARTS) is 1. The van der Waals surface area contributed by atoms with Crippen LogP contribution in [0.2, 0.25) is 0 Å². The zero-order valence-electron chi connectivity index (χ0n) is 20.6. The van der Waals surface area contributed by atoms with Gasteiger partial charge in [-0.15, -0.1) is 0 Å². The third kappa shape index (κ3) is 6.97. The van der Waals surface area contributed by atoms with Crippen molar-refractivity contribution in [2.75, 3.05) is 6.61 Å². The summed E-state index contributed by atoms with van der Waals surface area (Å²) in [5.41, 5.74) is 5.33. The molecule has 0 saturated heterocycles. The minimum Gasteiger partial charge on any atom is -0.481 e. The lowest BCUT2D eigenvalue weighted by molar-refractivity contribution is -0.147. The number of nitrogens with one attached hydrogen (secondary N) is 1. The van der Waals surface area contributed by atoms with Crippen LogP contribution in [0, 0.1) is 0 Å². The molecule has 0 heterocycles. The van der Waals surface area contributed by atoms with E-state index in [0.29, 0.717) is 25.7 Å². The Balaban J connectivity index is 1.36. The van der Waals surface area contributed by atoms with Crippen molar-refractivity contribution in [1.29, 1.82) is 0 Å². The van der Waals surface area contributed by atoms with Crippen LogP contribution in [0.3, 0.4) is 0 Å². The maximum absolute atomic E-state index is 12.8. The summed E-state index contributed by atoms with van der Waals surface area (Å²) >= 11 is 0. The molecule has 1 aliphatic rings. The molecule has 0 saturated carbocycles. The van der Waals surface area contributed by atoms with Gasteiger partial charge in [-0.25, -0.2) is 9.59 Å². The number of fused-ring (bicyclic) bond motifs is 3. The molecule has 7 nitrogen and oxygen atoms in total. The molecule has 1 aliphatic carbocycles. The highest BCUT2D eigenvalue weighted by Crippen LogP contribution is 2.44. The maximum atomic E-state index is 12.8. The smallest absolute Gasteiger partial charge is 0.407 e. The fourth-order valence-electron chi connectivity index (χ4n) is 4.66. The van der Waals surface area contributed by atoms with E-state index in [1.54, 1.807) is 0 Å². The van der Waals surface area contributed by atoms with E-state index in [1.165, 1.54) is 0 Å². The van der Waals surface area contributed by atoms with Gasteiger partial charge >= 0.3 is 18.0 Å². The van der Waals surface area contributed by atoms with E-state index in [4.69, 9.17) is 14.6 Å². The Morgan fingerprint density at radius 3 is 2.05 bits per heavy atom.